The molecular formula is C17H20F2N4. The molecule has 0 aliphatic rings. The molecule has 2 N–H and O–H groups in total. The highest BCUT2D eigenvalue weighted by Gasteiger charge is 2.12. The van der Waals surface area contributed by atoms with Gasteiger partial charge in [0.05, 0.1) is 12.2 Å². The van der Waals surface area contributed by atoms with E-state index in [4.69, 9.17) is 0 Å². The zero-order valence-electron chi connectivity index (χ0n) is 13.2. The lowest BCUT2D eigenvalue weighted by Crippen LogP contribution is -2.38. The molecule has 122 valence electrons. The van der Waals surface area contributed by atoms with Crippen LogP contribution in [0.2, 0.25) is 0 Å². The van der Waals surface area contributed by atoms with Crippen LogP contribution >= 0.6 is 0 Å². The maximum atomic E-state index is 13.8. The van der Waals surface area contributed by atoms with Gasteiger partial charge in [-0.2, -0.15) is 0 Å². The Morgan fingerprint density at radius 3 is 2.70 bits per heavy atom. The molecule has 0 spiro atoms. The number of rotatable bonds is 5. The lowest BCUT2D eigenvalue weighted by atomic mass is 10.0. The fourth-order valence-corrected chi connectivity index (χ4v) is 2.16. The molecule has 0 aliphatic heterocycles. The van der Waals surface area contributed by atoms with E-state index in [9.17, 15) is 8.78 Å². The van der Waals surface area contributed by atoms with E-state index in [-0.39, 0.29) is 5.92 Å². The van der Waals surface area contributed by atoms with Crippen LogP contribution in [0.25, 0.3) is 0 Å². The maximum Gasteiger partial charge on any atom is 0.191 e. The standard InChI is InChI=1S/C17H20F2N4/c1-12(15-7-6-13(18)9-16(15)19)10-22-17(20-2)23-11-14-5-3-4-8-21-14/h3-9,12H,10-11H2,1-2H3,(H2,20,22,23). The monoisotopic (exact) mass is 318 g/mol. The van der Waals surface area contributed by atoms with Gasteiger partial charge in [-0.15, -0.1) is 0 Å². The summed E-state index contributed by atoms with van der Waals surface area (Å²) in [5, 5.41) is 6.27. The van der Waals surface area contributed by atoms with Gasteiger partial charge in [-0.3, -0.25) is 9.98 Å². The largest absolute Gasteiger partial charge is 0.356 e. The highest BCUT2D eigenvalue weighted by molar-refractivity contribution is 5.79. The average molecular weight is 318 g/mol. The summed E-state index contributed by atoms with van der Waals surface area (Å²) in [5.41, 5.74) is 1.37. The van der Waals surface area contributed by atoms with Gasteiger partial charge < -0.3 is 10.6 Å². The summed E-state index contributed by atoms with van der Waals surface area (Å²) in [6, 6.07) is 9.33. The van der Waals surface area contributed by atoms with Crippen LogP contribution in [-0.4, -0.2) is 24.5 Å². The van der Waals surface area contributed by atoms with Crippen LogP contribution in [0.4, 0.5) is 8.78 Å². The fourth-order valence-electron chi connectivity index (χ4n) is 2.16. The van der Waals surface area contributed by atoms with Crippen molar-refractivity contribution in [2.24, 2.45) is 4.99 Å². The van der Waals surface area contributed by atoms with Crippen LogP contribution in [0, 0.1) is 11.6 Å². The summed E-state index contributed by atoms with van der Waals surface area (Å²) < 4.78 is 26.7. The average Bonchev–Trinajstić information content (AvgIpc) is 2.55. The number of hydrogen-bond acceptors (Lipinski definition) is 2. The van der Waals surface area contributed by atoms with Crippen LogP contribution < -0.4 is 10.6 Å². The third-order valence-electron chi connectivity index (χ3n) is 3.46. The highest BCUT2D eigenvalue weighted by Crippen LogP contribution is 2.19. The van der Waals surface area contributed by atoms with Crippen LogP contribution in [0.1, 0.15) is 24.1 Å². The number of aliphatic imine (C=N–C) groups is 1. The van der Waals surface area contributed by atoms with E-state index in [0.717, 1.165) is 11.8 Å². The number of guanidine groups is 1. The Kier molecular flexibility index (Phi) is 6.02. The SMILES string of the molecule is CN=C(NCc1ccccn1)NCC(C)c1ccc(F)cc1F. The van der Waals surface area contributed by atoms with Crippen LogP contribution in [0.5, 0.6) is 0 Å². The first-order valence-electron chi connectivity index (χ1n) is 7.39. The van der Waals surface area contributed by atoms with Gasteiger partial charge in [0.25, 0.3) is 0 Å². The van der Waals surface area contributed by atoms with E-state index in [1.807, 2.05) is 25.1 Å². The minimum Gasteiger partial charge on any atom is -0.356 e. The van der Waals surface area contributed by atoms with Crippen molar-refractivity contribution in [1.29, 1.82) is 0 Å². The van der Waals surface area contributed by atoms with Crippen molar-refractivity contribution in [3.8, 4) is 0 Å². The summed E-state index contributed by atoms with van der Waals surface area (Å²) >= 11 is 0. The van der Waals surface area contributed by atoms with E-state index in [2.05, 4.69) is 20.6 Å². The lowest BCUT2D eigenvalue weighted by molar-refractivity contribution is 0.556. The molecule has 6 heteroatoms. The minimum atomic E-state index is -0.570. The summed E-state index contributed by atoms with van der Waals surface area (Å²) in [6.45, 7) is 2.89. The van der Waals surface area contributed by atoms with Crippen molar-refractivity contribution in [3.63, 3.8) is 0 Å². The molecule has 1 heterocycles. The number of hydrogen-bond donors (Lipinski definition) is 2. The molecule has 4 nitrogen and oxygen atoms in total. The van der Waals surface area contributed by atoms with Gasteiger partial charge in [-0.1, -0.05) is 19.1 Å². The van der Waals surface area contributed by atoms with Crippen molar-refractivity contribution in [3.05, 3.63) is 65.5 Å². The molecule has 2 aromatic rings. The Labute approximate surface area is 134 Å². The van der Waals surface area contributed by atoms with Crippen LogP contribution in [0.3, 0.4) is 0 Å². The molecule has 1 atom stereocenters. The Bertz CT molecular complexity index is 659. The Balaban J connectivity index is 1.87. The highest BCUT2D eigenvalue weighted by atomic mass is 19.1. The third kappa shape index (κ3) is 5.02. The van der Waals surface area contributed by atoms with Gasteiger partial charge in [0.2, 0.25) is 0 Å². The molecule has 0 bridgehead atoms. The van der Waals surface area contributed by atoms with Crippen molar-refractivity contribution >= 4 is 5.96 Å². The first-order chi connectivity index (χ1) is 11.1. The summed E-state index contributed by atoms with van der Waals surface area (Å²) in [6.07, 6.45) is 1.73. The third-order valence-corrected chi connectivity index (χ3v) is 3.46. The van der Waals surface area contributed by atoms with E-state index < -0.39 is 11.6 Å². The van der Waals surface area contributed by atoms with Crippen molar-refractivity contribution in [1.82, 2.24) is 15.6 Å². The normalized spacial score (nSPS) is 12.8. The Morgan fingerprint density at radius 2 is 2.04 bits per heavy atom. The number of benzene rings is 1. The molecule has 0 saturated heterocycles. The molecule has 1 unspecified atom stereocenters. The van der Waals surface area contributed by atoms with E-state index >= 15 is 0 Å². The molecule has 0 saturated carbocycles. The second kappa shape index (κ2) is 8.22. The number of aromatic nitrogens is 1. The lowest BCUT2D eigenvalue weighted by Gasteiger charge is -2.17. The number of pyridine rings is 1. The van der Waals surface area contributed by atoms with E-state index in [1.54, 1.807) is 13.2 Å². The zero-order valence-corrected chi connectivity index (χ0v) is 13.2. The second-order valence-corrected chi connectivity index (χ2v) is 5.19. The van der Waals surface area contributed by atoms with Crippen molar-refractivity contribution in [2.75, 3.05) is 13.6 Å². The molecule has 2 rings (SSSR count). The summed E-state index contributed by atoms with van der Waals surface area (Å²) in [4.78, 5) is 8.34. The smallest absolute Gasteiger partial charge is 0.191 e. The molecule has 1 aromatic carbocycles. The van der Waals surface area contributed by atoms with E-state index in [1.165, 1.54) is 12.1 Å². The Morgan fingerprint density at radius 1 is 1.22 bits per heavy atom. The predicted molar refractivity (Wildman–Crippen MR) is 87.2 cm³/mol. The van der Waals surface area contributed by atoms with Gasteiger partial charge >= 0.3 is 0 Å². The van der Waals surface area contributed by atoms with Crippen LogP contribution in [-0.2, 0) is 6.54 Å². The van der Waals surface area contributed by atoms with Gasteiger partial charge in [0.15, 0.2) is 5.96 Å². The maximum absolute atomic E-state index is 13.8. The zero-order chi connectivity index (χ0) is 16.7. The fraction of sp³-hybridized carbons (Fsp3) is 0.294. The summed E-state index contributed by atoms with van der Waals surface area (Å²) in [7, 11) is 1.66. The van der Waals surface area contributed by atoms with Crippen LogP contribution in [0.15, 0.2) is 47.6 Å². The van der Waals surface area contributed by atoms with Crippen molar-refractivity contribution in [2.45, 2.75) is 19.4 Å². The first kappa shape index (κ1) is 16.9. The topological polar surface area (TPSA) is 49.3 Å². The van der Waals surface area contributed by atoms with Crippen molar-refractivity contribution < 1.29 is 8.78 Å². The molecule has 1 aromatic heterocycles. The molecular weight excluding hydrogens is 298 g/mol. The predicted octanol–water partition coefficient (Wildman–Crippen LogP) is 2.83. The number of nitrogens with zero attached hydrogens (tertiary/aromatic N) is 2. The Hall–Kier alpha value is -2.50. The first-order valence-corrected chi connectivity index (χ1v) is 7.39. The molecule has 0 aliphatic carbocycles. The quantitative estimate of drug-likeness (QED) is 0.658. The molecule has 0 amide bonds. The second-order valence-electron chi connectivity index (χ2n) is 5.19. The number of halogens is 2. The molecule has 0 fully saturated rings. The van der Waals surface area contributed by atoms with Gasteiger partial charge in [0.1, 0.15) is 11.6 Å². The van der Waals surface area contributed by atoms with Gasteiger partial charge in [-0.25, -0.2) is 8.78 Å². The van der Waals surface area contributed by atoms with E-state index in [0.29, 0.717) is 24.6 Å². The number of nitrogens with one attached hydrogen (secondary N) is 2. The molecule has 23 heavy (non-hydrogen) atoms. The van der Waals surface area contributed by atoms with Gasteiger partial charge in [-0.05, 0) is 23.8 Å². The minimum absolute atomic E-state index is 0.121. The summed E-state index contributed by atoms with van der Waals surface area (Å²) in [5.74, 6) is -0.621. The van der Waals surface area contributed by atoms with Gasteiger partial charge in [0, 0.05) is 31.8 Å². The molecule has 0 radical (unpaired) electrons.